The summed E-state index contributed by atoms with van der Waals surface area (Å²) in [7, 11) is 0. The maximum atomic E-state index is 12.0. The molecule has 0 aliphatic heterocycles. The Kier molecular flexibility index (Phi) is 14.2. The van der Waals surface area contributed by atoms with Crippen LogP contribution in [0.1, 0.15) is 145 Å². The van der Waals surface area contributed by atoms with Gasteiger partial charge in [-0.1, -0.05) is 159 Å². The molecule has 0 saturated heterocycles. The lowest BCUT2D eigenvalue weighted by atomic mass is 9.71. The number of nitrogens with zero attached hydrogens (tertiary/aromatic N) is 2. The van der Waals surface area contributed by atoms with Gasteiger partial charge < -0.3 is 10.0 Å². The Labute approximate surface area is 410 Å². The fourth-order valence-corrected chi connectivity index (χ4v) is 14.5. The molecule has 0 spiro atoms. The quantitative estimate of drug-likeness (QED) is 0.0443. The summed E-state index contributed by atoms with van der Waals surface area (Å²) in [5.41, 5.74) is 12.3. The number of carbonyl (C=O) groups is 1. The Morgan fingerprint density at radius 3 is 1.75 bits per heavy atom. The summed E-state index contributed by atoms with van der Waals surface area (Å²) in [6.07, 6.45) is 18.8. The zero-order valence-corrected chi connectivity index (χ0v) is 41.9. The molecule has 7 heteroatoms. The van der Waals surface area contributed by atoms with Gasteiger partial charge in [0.1, 0.15) is 11.6 Å². The number of rotatable bonds is 21. The van der Waals surface area contributed by atoms with Crippen LogP contribution in [0.5, 0.6) is 0 Å². The van der Waals surface area contributed by atoms with Crippen LogP contribution >= 0.6 is 34.0 Å². The Bertz CT molecular complexity index is 2870. The standard InChI is InChI=1S/C60H62N2O2S3/c1-5-7-9-11-13-21-33-60(34-22-14-12-10-8-6-2)51-38-46(35-42(40-61)58(63)64)65-56(51)57-52(60)39-55(67-57)54-32-31-53(66-54)41-27-29-47-48-30-28-45(37-50(48)59(3,4)49(47)36-41)62(43-23-17-15-18-24-43)44-25-19-16-20-26-44/h15-20,23-32,35-39H,5-14,21-22,33-34H2,1-4H3,(H,63,64). The highest BCUT2D eigenvalue weighted by Gasteiger charge is 2.45. The van der Waals surface area contributed by atoms with Crippen molar-refractivity contribution in [2.75, 3.05) is 4.90 Å². The lowest BCUT2D eigenvalue weighted by molar-refractivity contribution is -0.132. The summed E-state index contributed by atoms with van der Waals surface area (Å²) in [5, 5.41) is 19.5. The van der Waals surface area contributed by atoms with Crippen LogP contribution in [0.4, 0.5) is 17.1 Å². The van der Waals surface area contributed by atoms with Gasteiger partial charge in [0.15, 0.2) is 0 Å². The summed E-state index contributed by atoms with van der Waals surface area (Å²) in [6, 6.07) is 46.7. The van der Waals surface area contributed by atoms with Crippen LogP contribution in [0.2, 0.25) is 0 Å². The van der Waals surface area contributed by atoms with Gasteiger partial charge in [0.2, 0.25) is 0 Å². The van der Waals surface area contributed by atoms with E-state index in [0.29, 0.717) is 0 Å². The normalized spacial score (nSPS) is 14.0. The molecule has 0 bridgehead atoms. The van der Waals surface area contributed by atoms with E-state index in [4.69, 9.17) is 0 Å². The minimum absolute atomic E-state index is 0.118. The first-order valence-electron chi connectivity index (χ1n) is 24.6. The lowest BCUT2D eigenvalue weighted by Crippen LogP contribution is -2.25. The highest BCUT2D eigenvalue weighted by atomic mass is 32.1. The van der Waals surface area contributed by atoms with E-state index >= 15 is 0 Å². The molecule has 0 saturated carbocycles. The molecule has 67 heavy (non-hydrogen) atoms. The van der Waals surface area contributed by atoms with Crippen LogP contribution in [0.3, 0.4) is 0 Å². The van der Waals surface area contributed by atoms with E-state index in [2.05, 4.69) is 154 Å². The highest BCUT2D eigenvalue weighted by Crippen LogP contribution is 2.61. The number of anilines is 3. The van der Waals surface area contributed by atoms with Crippen LogP contribution in [-0.2, 0) is 15.6 Å². The molecule has 9 rings (SSSR count). The molecule has 7 aromatic rings. The zero-order chi connectivity index (χ0) is 46.5. The molecule has 2 aliphatic carbocycles. The monoisotopic (exact) mass is 938 g/mol. The second kappa shape index (κ2) is 20.4. The predicted octanol–water partition coefficient (Wildman–Crippen LogP) is 18.7. The number of nitriles is 1. The maximum absolute atomic E-state index is 12.0. The van der Waals surface area contributed by atoms with Crippen molar-refractivity contribution in [2.45, 2.75) is 128 Å². The van der Waals surface area contributed by atoms with E-state index < -0.39 is 5.97 Å². The second-order valence-electron chi connectivity index (χ2n) is 19.1. The topological polar surface area (TPSA) is 64.3 Å². The van der Waals surface area contributed by atoms with Crippen molar-refractivity contribution in [1.82, 2.24) is 0 Å². The second-order valence-corrected chi connectivity index (χ2v) is 22.3. The molecule has 4 aromatic carbocycles. The molecule has 2 aliphatic rings. The number of carboxylic acids is 1. The number of unbranched alkanes of at least 4 members (excludes halogenated alkanes) is 10. The van der Waals surface area contributed by atoms with Crippen LogP contribution in [0, 0.1) is 11.3 Å². The number of para-hydroxylation sites is 2. The number of hydrogen-bond donors (Lipinski definition) is 1. The fourth-order valence-electron chi connectivity index (χ4n) is 10.8. The number of fused-ring (bicyclic) bond motifs is 6. The molecule has 0 amide bonds. The third-order valence-corrected chi connectivity index (χ3v) is 18.1. The number of carboxylic acid groups (broad SMARTS) is 1. The minimum atomic E-state index is -1.17. The SMILES string of the molecule is CCCCCCCCC1(CCCCCCCC)c2cc(C=C(C#N)C(=O)O)sc2-c2sc(-c3ccc(-c4ccc5c(c4)C(C)(C)c4cc(N(c6ccccc6)c6ccccc6)ccc4-5)s3)cc21. The Morgan fingerprint density at radius 1 is 0.582 bits per heavy atom. The van der Waals surface area contributed by atoms with Crippen LogP contribution < -0.4 is 4.90 Å². The third kappa shape index (κ3) is 9.26. The van der Waals surface area contributed by atoms with Crippen LogP contribution in [-0.4, -0.2) is 11.1 Å². The lowest BCUT2D eigenvalue weighted by Gasteiger charge is -2.31. The van der Waals surface area contributed by atoms with E-state index in [0.717, 1.165) is 34.8 Å². The van der Waals surface area contributed by atoms with Crippen molar-refractivity contribution in [3.05, 3.63) is 154 Å². The fraction of sp³-hybridized carbons (Fsp3) is 0.333. The molecular weight excluding hydrogens is 877 g/mol. The average molecular weight is 939 g/mol. The first-order valence-corrected chi connectivity index (χ1v) is 27.1. The third-order valence-electron chi connectivity index (χ3n) is 14.4. The summed E-state index contributed by atoms with van der Waals surface area (Å²) in [4.78, 5) is 21.7. The first kappa shape index (κ1) is 46.6. The average Bonchev–Trinajstić information content (AvgIpc) is 4.18. The number of aliphatic carboxylic acids is 1. The molecule has 0 fully saturated rings. The van der Waals surface area contributed by atoms with E-state index in [1.165, 1.54) is 140 Å². The van der Waals surface area contributed by atoms with Crippen molar-refractivity contribution in [2.24, 2.45) is 0 Å². The van der Waals surface area contributed by atoms with Crippen molar-refractivity contribution in [1.29, 1.82) is 5.26 Å². The largest absolute Gasteiger partial charge is 0.477 e. The number of benzene rings is 4. The summed E-state index contributed by atoms with van der Waals surface area (Å²) < 4.78 is 0. The predicted molar refractivity (Wildman–Crippen MR) is 287 cm³/mol. The molecular formula is C60H62N2O2S3. The first-order chi connectivity index (χ1) is 32.7. The van der Waals surface area contributed by atoms with E-state index in [1.54, 1.807) is 17.4 Å². The smallest absolute Gasteiger partial charge is 0.346 e. The molecule has 0 unspecified atom stereocenters. The van der Waals surface area contributed by atoms with Gasteiger partial charge in [-0.2, -0.15) is 5.26 Å². The van der Waals surface area contributed by atoms with Crippen molar-refractivity contribution < 1.29 is 9.90 Å². The van der Waals surface area contributed by atoms with Gasteiger partial charge in [-0.05, 0) is 125 Å². The summed E-state index contributed by atoms with van der Waals surface area (Å²) in [5.74, 6) is -1.17. The molecule has 1 N–H and O–H groups in total. The number of hydrogen-bond acceptors (Lipinski definition) is 6. The summed E-state index contributed by atoms with van der Waals surface area (Å²) in [6.45, 7) is 9.30. The van der Waals surface area contributed by atoms with Gasteiger partial charge in [-0.15, -0.1) is 34.0 Å². The Balaban J connectivity index is 1.04. The number of thiophene rings is 3. The van der Waals surface area contributed by atoms with E-state index in [1.807, 2.05) is 28.7 Å². The van der Waals surface area contributed by atoms with Gasteiger partial charge in [-0.3, -0.25) is 0 Å². The van der Waals surface area contributed by atoms with Gasteiger partial charge in [0, 0.05) is 57.2 Å². The van der Waals surface area contributed by atoms with E-state index in [9.17, 15) is 15.2 Å². The van der Waals surface area contributed by atoms with E-state index in [-0.39, 0.29) is 16.4 Å². The Morgan fingerprint density at radius 2 is 1.13 bits per heavy atom. The molecule has 0 atom stereocenters. The molecule has 4 nitrogen and oxygen atoms in total. The minimum Gasteiger partial charge on any atom is -0.477 e. The molecule has 0 radical (unpaired) electrons. The van der Waals surface area contributed by atoms with Crippen LogP contribution in [0.25, 0.3) is 47.2 Å². The van der Waals surface area contributed by atoms with Gasteiger partial charge in [0.25, 0.3) is 0 Å². The van der Waals surface area contributed by atoms with Crippen LogP contribution in [0.15, 0.2) is 127 Å². The molecule has 342 valence electrons. The Hall–Kier alpha value is -5.52. The maximum Gasteiger partial charge on any atom is 0.346 e. The molecule has 3 heterocycles. The zero-order valence-electron chi connectivity index (χ0n) is 39.5. The van der Waals surface area contributed by atoms with Gasteiger partial charge in [0.05, 0.1) is 0 Å². The van der Waals surface area contributed by atoms with Crippen molar-refractivity contribution >= 4 is 63.1 Å². The van der Waals surface area contributed by atoms with Crippen molar-refractivity contribution in [3.8, 4) is 47.1 Å². The summed E-state index contributed by atoms with van der Waals surface area (Å²) >= 11 is 5.45. The van der Waals surface area contributed by atoms with Crippen molar-refractivity contribution in [3.63, 3.8) is 0 Å². The van der Waals surface area contributed by atoms with Gasteiger partial charge >= 0.3 is 5.97 Å². The highest BCUT2D eigenvalue weighted by molar-refractivity contribution is 7.27. The van der Waals surface area contributed by atoms with Gasteiger partial charge in [-0.25, -0.2) is 4.79 Å². The molecule has 3 aromatic heterocycles.